The Balaban J connectivity index is 0.000000225. The molecule has 1 aromatic carbocycles. The molecule has 0 aromatic heterocycles. The molecular weight excluding hydrogens is 442 g/mol. The van der Waals surface area contributed by atoms with Gasteiger partial charge in [-0.2, -0.15) is 0 Å². The van der Waals surface area contributed by atoms with E-state index in [4.69, 9.17) is 4.79 Å². The van der Waals surface area contributed by atoms with Gasteiger partial charge >= 0.3 is 0 Å². The number of carbonyl (C=O) groups excluding carboxylic acids is 2. The summed E-state index contributed by atoms with van der Waals surface area (Å²) in [6.07, 6.45) is 8.62. The van der Waals surface area contributed by atoms with Crippen molar-refractivity contribution in [2.45, 2.75) is 26.2 Å². The summed E-state index contributed by atoms with van der Waals surface area (Å²) in [6, 6.07) is 2.65. The third kappa shape index (κ3) is 7.41. The second-order valence-electron chi connectivity index (χ2n) is 8.03. The number of rotatable bonds is 4. The first-order chi connectivity index (χ1) is 16.4. The number of ether oxygens (including phenoxy) is 1. The Morgan fingerprint density at radius 1 is 1.12 bits per heavy atom. The number of hydrogen-bond donors (Lipinski definition) is 2. The Labute approximate surface area is 200 Å². The molecule has 2 N–H and O–H groups in total. The maximum absolute atomic E-state index is 13.5. The van der Waals surface area contributed by atoms with Crippen molar-refractivity contribution in [3.63, 3.8) is 0 Å². The van der Waals surface area contributed by atoms with Crippen LogP contribution in [0, 0.1) is 11.6 Å². The average Bonchev–Trinajstić information content (AvgIpc) is 3.03. The molecular formula is C25H34F2N4O3. The van der Waals surface area contributed by atoms with Gasteiger partial charge in [0.25, 0.3) is 0 Å². The molecule has 9 heteroatoms. The van der Waals surface area contributed by atoms with Gasteiger partial charge in [-0.05, 0) is 38.1 Å². The molecule has 4 rings (SSSR count). The van der Waals surface area contributed by atoms with Gasteiger partial charge in [0.15, 0.2) is 17.4 Å². The summed E-state index contributed by atoms with van der Waals surface area (Å²) in [6.45, 7) is 8.38. The molecule has 2 aliphatic heterocycles. The Kier molecular flexibility index (Phi) is 10.7. The molecule has 3 aliphatic rings. The largest absolute Gasteiger partial charge is 0.491 e. The standard InChI is InChI=1S/C12H16F2N2O.C12H16N2O.CH2O/c1-15-3-5-16(6-4-15)9-7-10(13)12(17-2)11(14)8-9;1-2-13-10-4-3-5-11-9(8-10)6-7-12(15)14-11;1-2/h7-8H,3-6H2,1-2H3;3,5,8,13H,2,4,6-7H2,1H3,(H,14,15);1H2. The minimum Gasteiger partial charge on any atom is -0.491 e. The van der Waals surface area contributed by atoms with Crippen LogP contribution >= 0.6 is 0 Å². The van der Waals surface area contributed by atoms with Crippen molar-refractivity contribution in [2.24, 2.45) is 0 Å². The highest BCUT2D eigenvalue weighted by atomic mass is 19.1. The predicted octanol–water partition coefficient (Wildman–Crippen LogP) is 3.14. The van der Waals surface area contributed by atoms with Crippen molar-refractivity contribution in [3.05, 3.63) is 59.0 Å². The summed E-state index contributed by atoms with van der Waals surface area (Å²) in [5.41, 5.74) is 4.02. The van der Waals surface area contributed by atoms with Gasteiger partial charge in [0.05, 0.1) is 7.11 Å². The van der Waals surface area contributed by atoms with Gasteiger partial charge < -0.3 is 30.0 Å². The first-order valence-corrected chi connectivity index (χ1v) is 11.3. The van der Waals surface area contributed by atoms with Gasteiger partial charge in [0.2, 0.25) is 5.91 Å². The van der Waals surface area contributed by atoms with Crippen LogP contribution in [0.25, 0.3) is 0 Å². The highest BCUT2D eigenvalue weighted by Gasteiger charge is 2.19. The van der Waals surface area contributed by atoms with E-state index < -0.39 is 11.6 Å². The van der Waals surface area contributed by atoms with Crippen molar-refractivity contribution < 1.29 is 23.1 Å². The Morgan fingerprint density at radius 3 is 2.35 bits per heavy atom. The topological polar surface area (TPSA) is 73.9 Å². The molecule has 0 saturated carbocycles. The summed E-state index contributed by atoms with van der Waals surface area (Å²) < 4.78 is 31.7. The number of anilines is 1. The van der Waals surface area contributed by atoms with E-state index in [0.29, 0.717) is 12.1 Å². The molecule has 186 valence electrons. The van der Waals surface area contributed by atoms with E-state index in [0.717, 1.165) is 51.3 Å². The zero-order valence-electron chi connectivity index (χ0n) is 20.1. The second-order valence-corrected chi connectivity index (χ2v) is 8.03. The summed E-state index contributed by atoms with van der Waals surface area (Å²) in [5.74, 6) is -1.50. The van der Waals surface area contributed by atoms with Crippen LogP contribution in [0.1, 0.15) is 26.2 Å². The zero-order valence-corrected chi connectivity index (χ0v) is 20.1. The van der Waals surface area contributed by atoms with E-state index >= 15 is 0 Å². The lowest BCUT2D eigenvalue weighted by Crippen LogP contribution is -2.44. The smallest absolute Gasteiger partial charge is 0.224 e. The van der Waals surface area contributed by atoms with Gasteiger partial charge in [-0.1, -0.05) is 6.08 Å². The van der Waals surface area contributed by atoms with Crippen LogP contribution in [0.4, 0.5) is 14.5 Å². The first kappa shape index (κ1) is 27.0. The molecule has 1 aromatic rings. The normalized spacial score (nSPS) is 17.7. The van der Waals surface area contributed by atoms with Crippen molar-refractivity contribution in [1.82, 2.24) is 15.5 Å². The van der Waals surface area contributed by atoms with E-state index in [9.17, 15) is 13.6 Å². The fraction of sp³-hybridized carbons (Fsp3) is 0.440. The third-order valence-electron chi connectivity index (χ3n) is 5.67. The third-order valence-corrected chi connectivity index (χ3v) is 5.67. The average molecular weight is 477 g/mol. The molecule has 0 atom stereocenters. The monoisotopic (exact) mass is 476 g/mol. The Bertz CT molecular complexity index is 915. The Morgan fingerprint density at radius 2 is 1.76 bits per heavy atom. The predicted molar refractivity (Wildman–Crippen MR) is 130 cm³/mol. The summed E-state index contributed by atoms with van der Waals surface area (Å²) in [5, 5.41) is 6.23. The number of hydrogen-bond acceptors (Lipinski definition) is 6. The molecule has 0 spiro atoms. The molecule has 0 radical (unpaired) electrons. The molecule has 1 fully saturated rings. The van der Waals surface area contributed by atoms with Crippen molar-refractivity contribution in [1.29, 1.82) is 0 Å². The molecule has 1 amide bonds. The zero-order chi connectivity index (χ0) is 25.1. The quantitative estimate of drug-likeness (QED) is 0.696. The lowest BCUT2D eigenvalue weighted by Gasteiger charge is -2.34. The van der Waals surface area contributed by atoms with Gasteiger partial charge in [-0.15, -0.1) is 0 Å². The number of carbonyl (C=O) groups is 2. The Hall–Kier alpha value is -3.20. The van der Waals surface area contributed by atoms with Crippen molar-refractivity contribution >= 4 is 18.4 Å². The summed E-state index contributed by atoms with van der Waals surface area (Å²) in [7, 11) is 3.30. The fourth-order valence-electron chi connectivity index (χ4n) is 3.89. The second kappa shape index (κ2) is 13.5. The minimum atomic E-state index is -0.651. The number of benzene rings is 1. The number of methoxy groups -OCH3 is 1. The molecule has 0 bridgehead atoms. The van der Waals surface area contributed by atoms with Crippen molar-refractivity contribution in [3.8, 4) is 5.75 Å². The van der Waals surface area contributed by atoms with Crippen LogP contribution in [0.15, 0.2) is 47.3 Å². The van der Waals surface area contributed by atoms with Crippen molar-refractivity contribution in [2.75, 3.05) is 51.8 Å². The van der Waals surface area contributed by atoms with Gasteiger partial charge in [-0.3, -0.25) is 4.79 Å². The van der Waals surface area contributed by atoms with Crippen LogP contribution in [0.5, 0.6) is 5.75 Å². The van der Waals surface area contributed by atoms with Crippen LogP contribution in [-0.4, -0.2) is 64.5 Å². The number of halogens is 2. The number of likely N-dealkylation sites (N-methyl/N-ethyl adjacent to an activating group) is 1. The number of amides is 1. The van der Waals surface area contributed by atoms with E-state index in [1.165, 1.54) is 30.5 Å². The lowest BCUT2D eigenvalue weighted by atomic mass is 10.0. The van der Waals surface area contributed by atoms with Crippen LogP contribution in [-0.2, 0) is 9.59 Å². The molecule has 1 aliphatic carbocycles. The summed E-state index contributed by atoms with van der Waals surface area (Å²) in [4.78, 5) is 23.4. The summed E-state index contributed by atoms with van der Waals surface area (Å²) >= 11 is 0. The fourth-order valence-corrected chi connectivity index (χ4v) is 3.89. The van der Waals surface area contributed by atoms with E-state index in [2.05, 4.69) is 39.3 Å². The van der Waals surface area contributed by atoms with Crippen LogP contribution in [0.2, 0.25) is 0 Å². The maximum Gasteiger partial charge on any atom is 0.224 e. The van der Waals surface area contributed by atoms with Crippen LogP contribution in [0.3, 0.4) is 0 Å². The molecule has 0 unspecified atom stereocenters. The first-order valence-electron chi connectivity index (χ1n) is 11.3. The highest BCUT2D eigenvalue weighted by molar-refractivity contribution is 5.80. The number of nitrogens with zero attached hydrogens (tertiary/aromatic N) is 2. The molecule has 2 heterocycles. The molecule has 7 nitrogen and oxygen atoms in total. The number of nitrogens with one attached hydrogen (secondary N) is 2. The number of piperazine rings is 1. The van der Waals surface area contributed by atoms with E-state index in [1.54, 1.807) is 0 Å². The van der Waals surface area contributed by atoms with Gasteiger partial charge in [-0.25, -0.2) is 8.78 Å². The molecule has 1 saturated heterocycles. The van der Waals surface area contributed by atoms with Gasteiger partial charge in [0.1, 0.15) is 6.79 Å². The lowest BCUT2D eigenvalue weighted by molar-refractivity contribution is -0.120. The highest BCUT2D eigenvalue weighted by Crippen LogP contribution is 2.28. The number of allylic oxidation sites excluding steroid dienone is 4. The SMILES string of the molecule is C=O.CCNC1=CC2=C(C=CC1)NC(=O)CC2.COc1c(F)cc(N2CCN(C)CC2)cc1F. The maximum atomic E-state index is 13.5. The van der Waals surface area contributed by atoms with Crippen LogP contribution < -0.4 is 20.3 Å². The van der Waals surface area contributed by atoms with E-state index in [1.807, 2.05) is 24.8 Å². The van der Waals surface area contributed by atoms with Gasteiger partial charge in [0, 0.05) is 74.8 Å². The minimum absolute atomic E-state index is 0.124. The molecule has 34 heavy (non-hydrogen) atoms. The van der Waals surface area contributed by atoms with E-state index in [-0.39, 0.29) is 11.7 Å².